The average Bonchev–Trinajstić information content (AvgIpc) is 2.45. The van der Waals surface area contributed by atoms with Crippen LogP contribution < -0.4 is 0 Å². The zero-order valence-electron chi connectivity index (χ0n) is 7.00. The number of hydrogen-bond acceptors (Lipinski definition) is 2. The van der Waals surface area contributed by atoms with Crippen molar-refractivity contribution in [1.29, 1.82) is 0 Å². The molecular formula is C8H10FNO2. The third-order valence-electron chi connectivity index (χ3n) is 1.71. The van der Waals surface area contributed by atoms with Crippen LogP contribution in [0.2, 0.25) is 0 Å². The van der Waals surface area contributed by atoms with Crippen molar-refractivity contribution in [3.05, 3.63) is 23.8 Å². The first kappa shape index (κ1) is 8.77. The van der Waals surface area contributed by atoms with Crippen LogP contribution in [0.4, 0.5) is 9.18 Å². The van der Waals surface area contributed by atoms with Crippen molar-refractivity contribution in [2.75, 3.05) is 6.61 Å². The third-order valence-corrected chi connectivity index (χ3v) is 1.71. The lowest BCUT2D eigenvalue weighted by Crippen LogP contribution is -2.20. The van der Waals surface area contributed by atoms with Crippen molar-refractivity contribution < 1.29 is 13.9 Å². The summed E-state index contributed by atoms with van der Waals surface area (Å²) >= 11 is 0. The summed E-state index contributed by atoms with van der Waals surface area (Å²) in [6.45, 7) is 3.51. The van der Waals surface area contributed by atoms with Gasteiger partial charge in [0, 0.05) is 5.70 Å². The summed E-state index contributed by atoms with van der Waals surface area (Å²) < 4.78 is 16.8. The maximum absolute atomic E-state index is 12.2. The lowest BCUT2D eigenvalue weighted by atomic mass is 10.3. The number of carbonyl (C=O) groups excluding carboxylic acids is 1. The summed E-state index contributed by atoms with van der Waals surface area (Å²) in [6.07, 6.45) is 1.59. The number of rotatable bonds is 1. The van der Waals surface area contributed by atoms with Crippen LogP contribution in [0.3, 0.4) is 0 Å². The third kappa shape index (κ3) is 1.32. The SMILES string of the molecule is C/C=C(\C)N1C(=O)OC/C1=C\F. The number of ether oxygens (including phenoxy) is 1. The summed E-state index contributed by atoms with van der Waals surface area (Å²) in [7, 11) is 0. The molecule has 3 nitrogen and oxygen atoms in total. The summed E-state index contributed by atoms with van der Waals surface area (Å²) in [4.78, 5) is 12.2. The van der Waals surface area contributed by atoms with Crippen molar-refractivity contribution in [3.8, 4) is 0 Å². The Labute approximate surface area is 70.1 Å². The molecule has 0 aliphatic carbocycles. The van der Waals surface area contributed by atoms with E-state index in [4.69, 9.17) is 0 Å². The first-order valence-corrected chi connectivity index (χ1v) is 3.59. The second kappa shape index (κ2) is 3.38. The molecule has 1 aliphatic rings. The molecule has 0 bridgehead atoms. The van der Waals surface area contributed by atoms with E-state index in [9.17, 15) is 9.18 Å². The Bertz CT molecular complexity index is 258. The molecule has 0 unspecified atom stereocenters. The predicted molar refractivity (Wildman–Crippen MR) is 41.8 cm³/mol. The summed E-state index contributed by atoms with van der Waals surface area (Å²) in [6, 6.07) is 0. The van der Waals surface area contributed by atoms with Crippen molar-refractivity contribution in [3.63, 3.8) is 0 Å². The fourth-order valence-electron chi connectivity index (χ4n) is 0.962. The topological polar surface area (TPSA) is 29.5 Å². The van der Waals surface area contributed by atoms with Gasteiger partial charge >= 0.3 is 6.09 Å². The lowest BCUT2D eigenvalue weighted by Gasteiger charge is -2.13. The van der Waals surface area contributed by atoms with Crippen molar-refractivity contribution in [2.45, 2.75) is 13.8 Å². The smallest absolute Gasteiger partial charge is 0.418 e. The van der Waals surface area contributed by atoms with E-state index in [-0.39, 0.29) is 12.3 Å². The van der Waals surface area contributed by atoms with Gasteiger partial charge in [0.15, 0.2) is 0 Å². The van der Waals surface area contributed by atoms with Crippen molar-refractivity contribution in [1.82, 2.24) is 4.90 Å². The molecule has 1 aliphatic heterocycles. The van der Waals surface area contributed by atoms with Crippen molar-refractivity contribution >= 4 is 6.09 Å². The number of halogens is 1. The van der Waals surface area contributed by atoms with Crippen LogP contribution in [0.1, 0.15) is 13.8 Å². The largest absolute Gasteiger partial charge is 0.442 e. The van der Waals surface area contributed by atoms with Gasteiger partial charge in [-0.25, -0.2) is 14.1 Å². The quantitative estimate of drug-likeness (QED) is 0.605. The Morgan fingerprint density at radius 1 is 1.75 bits per heavy atom. The van der Waals surface area contributed by atoms with E-state index in [1.54, 1.807) is 19.9 Å². The maximum Gasteiger partial charge on any atom is 0.418 e. The van der Waals surface area contributed by atoms with Crippen LogP contribution in [0, 0.1) is 0 Å². The van der Waals surface area contributed by atoms with E-state index < -0.39 is 6.09 Å². The molecule has 4 heteroatoms. The van der Waals surface area contributed by atoms with Gasteiger partial charge < -0.3 is 4.74 Å². The first-order valence-electron chi connectivity index (χ1n) is 3.59. The van der Waals surface area contributed by atoms with E-state index in [1.807, 2.05) is 0 Å². The molecule has 0 atom stereocenters. The van der Waals surface area contributed by atoms with Gasteiger partial charge in [-0.05, 0) is 13.8 Å². The Morgan fingerprint density at radius 3 is 2.92 bits per heavy atom. The van der Waals surface area contributed by atoms with Gasteiger partial charge in [0.2, 0.25) is 0 Å². The van der Waals surface area contributed by atoms with E-state index in [2.05, 4.69) is 4.74 Å². The van der Waals surface area contributed by atoms with Gasteiger partial charge in [0.1, 0.15) is 12.9 Å². The second-order valence-electron chi connectivity index (χ2n) is 2.42. The number of amides is 1. The van der Waals surface area contributed by atoms with E-state index in [0.717, 1.165) is 0 Å². The maximum atomic E-state index is 12.2. The molecule has 0 saturated carbocycles. The Balaban J connectivity index is 2.92. The molecule has 66 valence electrons. The van der Waals surface area contributed by atoms with Gasteiger partial charge in [0.05, 0.1) is 5.70 Å². The Kier molecular flexibility index (Phi) is 2.47. The molecule has 0 radical (unpaired) electrons. The first-order chi connectivity index (χ1) is 5.70. The van der Waals surface area contributed by atoms with E-state index in [1.165, 1.54) is 4.90 Å². The molecule has 0 spiro atoms. The zero-order chi connectivity index (χ0) is 9.14. The highest BCUT2D eigenvalue weighted by Gasteiger charge is 2.28. The van der Waals surface area contributed by atoms with Gasteiger partial charge in [0.25, 0.3) is 0 Å². The molecule has 12 heavy (non-hydrogen) atoms. The number of hydrogen-bond donors (Lipinski definition) is 0. The van der Waals surface area contributed by atoms with Crippen LogP contribution in [-0.4, -0.2) is 17.6 Å². The van der Waals surface area contributed by atoms with Crippen LogP contribution in [0.25, 0.3) is 0 Å². The summed E-state index contributed by atoms with van der Waals surface area (Å²) in [5.41, 5.74) is 0.914. The Hall–Kier alpha value is -1.32. The number of cyclic esters (lactones) is 1. The highest BCUT2D eigenvalue weighted by Crippen LogP contribution is 2.21. The highest BCUT2D eigenvalue weighted by atomic mass is 19.1. The molecule has 1 heterocycles. The van der Waals surface area contributed by atoms with Crippen LogP contribution in [0.5, 0.6) is 0 Å². The molecule has 0 aromatic carbocycles. The van der Waals surface area contributed by atoms with Crippen molar-refractivity contribution in [2.24, 2.45) is 0 Å². The molecule has 1 saturated heterocycles. The minimum atomic E-state index is -0.519. The van der Waals surface area contributed by atoms with Gasteiger partial charge in [-0.15, -0.1) is 0 Å². The molecule has 1 rings (SSSR count). The average molecular weight is 171 g/mol. The van der Waals surface area contributed by atoms with E-state index >= 15 is 0 Å². The number of allylic oxidation sites excluding steroid dienone is 2. The predicted octanol–water partition coefficient (Wildman–Crippen LogP) is 2.17. The summed E-state index contributed by atoms with van der Waals surface area (Å²) in [5.74, 6) is 0. The van der Waals surface area contributed by atoms with Gasteiger partial charge in [-0.3, -0.25) is 0 Å². The monoisotopic (exact) mass is 171 g/mol. The molecule has 1 amide bonds. The van der Waals surface area contributed by atoms with Gasteiger partial charge in [-0.1, -0.05) is 6.08 Å². The number of carbonyl (C=O) groups is 1. The molecule has 1 fully saturated rings. The van der Waals surface area contributed by atoms with Crippen LogP contribution >= 0.6 is 0 Å². The highest BCUT2D eigenvalue weighted by molar-refractivity contribution is 5.75. The molecule has 0 aromatic rings. The Morgan fingerprint density at radius 2 is 2.42 bits per heavy atom. The van der Waals surface area contributed by atoms with Crippen LogP contribution in [-0.2, 0) is 4.74 Å². The molecule has 0 aromatic heterocycles. The minimum Gasteiger partial charge on any atom is -0.442 e. The molecule has 0 N–H and O–H groups in total. The van der Waals surface area contributed by atoms with Gasteiger partial charge in [-0.2, -0.15) is 0 Å². The fourth-order valence-corrected chi connectivity index (χ4v) is 0.962. The van der Waals surface area contributed by atoms with Crippen LogP contribution in [0.15, 0.2) is 23.8 Å². The number of nitrogens with zero attached hydrogens (tertiary/aromatic N) is 1. The normalized spacial score (nSPS) is 21.9. The zero-order valence-corrected chi connectivity index (χ0v) is 7.00. The molecular weight excluding hydrogens is 161 g/mol. The lowest BCUT2D eigenvalue weighted by molar-refractivity contribution is 0.164. The minimum absolute atomic E-state index is 0.0144. The fraction of sp³-hybridized carbons (Fsp3) is 0.375. The second-order valence-corrected chi connectivity index (χ2v) is 2.42. The van der Waals surface area contributed by atoms with E-state index in [0.29, 0.717) is 12.0 Å². The summed E-state index contributed by atoms with van der Waals surface area (Å²) in [5, 5.41) is 0. The standard InChI is InChI=1S/C8H10FNO2/c1-3-6(2)10-7(4-9)5-12-8(10)11/h3-4H,5H2,1-2H3/b6-3+,7-4+.